The van der Waals surface area contributed by atoms with Gasteiger partial charge in [0.05, 0.1) is 18.2 Å². The van der Waals surface area contributed by atoms with Crippen LogP contribution in [0, 0.1) is 11.3 Å². The molecule has 0 aromatic heterocycles. The summed E-state index contributed by atoms with van der Waals surface area (Å²) in [5, 5.41) is 11.8. The number of rotatable bonds is 4. The number of nitriles is 1. The van der Waals surface area contributed by atoms with Crippen molar-refractivity contribution in [2.24, 2.45) is 0 Å². The van der Waals surface area contributed by atoms with E-state index in [0.29, 0.717) is 17.8 Å². The van der Waals surface area contributed by atoms with Crippen molar-refractivity contribution in [3.8, 4) is 6.07 Å². The summed E-state index contributed by atoms with van der Waals surface area (Å²) in [5.41, 5.74) is 3.94. The summed E-state index contributed by atoms with van der Waals surface area (Å²) in [4.78, 5) is 14.5. The number of likely N-dealkylation sites (N-methyl/N-ethyl adjacent to an activating group) is 1. The van der Waals surface area contributed by atoms with Crippen molar-refractivity contribution >= 4 is 11.6 Å². The number of hydrogen-bond donors (Lipinski definition) is 1. The fourth-order valence-corrected chi connectivity index (χ4v) is 3.39. The van der Waals surface area contributed by atoms with Crippen LogP contribution >= 0.6 is 0 Å². The number of amides is 1. The maximum Gasteiger partial charge on any atom is 0.238 e. The summed E-state index contributed by atoms with van der Waals surface area (Å²) in [6.07, 6.45) is 3.34. The van der Waals surface area contributed by atoms with Gasteiger partial charge in [0.25, 0.3) is 0 Å². The second-order valence-electron chi connectivity index (χ2n) is 6.26. The lowest BCUT2D eigenvalue weighted by atomic mass is 9.87. The fraction of sp³-hybridized carbons (Fsp3) is 0.300. The van der Waals surface area contributed by atoms with Gasteiger partial charge in [-0.1, -0.05) is 30.3 Å². The molecule has 1 unspecified atom stereocenters. The maximum atomic E-state index is 12.3. The summed E-state index contributed by atoms with van der Waals surface area (Å²) in [7, 11) is 2.00. The number of nitrogens with zero attached hydrogens (tertiary/aromatic N) is 2. The smallest absolute Gasteiger partial charge is 0.238 e. The normalized spacial score (nSPS) is 16.3. The Hall–Kier alpha value is -2.64. The topological polar surface area (TPSA) is 56.1 Å². The first-order valence-corrected chi connectivity index (χ1v) is 8.25. The molecule has 0 saturated heterocycles. The van der Waals surface area contributed by atoms with Gasteiger partial charge in [0, 0.05) is 11.7 Å². The van der Waals surface area contributed by atoms with Gasteiger partial charge in [0.15, 0.2) is 0 Å². The van der Waals surface area contributed by atoms with Crippen molar-refractivity contribution in [3.63, 3.8) is 0 Å². The van der Waals surface area contributed by atoms with E-state index >= 15 is 0 Å². The highest BCUT2D eigenvalue weighted by atomic mass is 16.2. The number of anilines is 1. The molecule has 0 saturated carbocycles. The summed E-state index contributed by atoms with van der Waals surface area (Å²) in [6, 6.07) is 17.9. The van der Waals surface area contributed by atoms with Crippen LogP contribution in [0.4, 0.5) is 5.69 Å². The zero-order valence-electron chi connectivity index (χ0n) is 13.8. The third-order valence-corrected chi connectivity index (χ3v) is 4.54. The first kappa shape index (κ1) is 16.2. The Morgan fingerprint density at radius 2 is 2.12 bits per heavy atom. The first-order valence-electron chi connectivity index (χ1n) is 8.25. The minimum absolute atomic E-state index is 0.0596. The standard InChI is InChI=1S/C20H21N3O/c1-23(19-11-5-8-16-7-2-3-10-18(16)19)14-20(24)22-17-9-4-6-15(12-17)13-21/h2-4,6-7,9-10,12,19H,5,8,11,14H2,1H3,(H,22,24). The average molecular weight is 319 g/mol. The van der Waals surface area contributed by atoms with Crippen LogP contribution in [-0.4, -0.2) is 24.4 Å². The molecule has 0 heterocycles. The van der Waals surface area contributed by atoms with Crippen molar-refractivity contribution in [1.29, 1.82) is 5.26 Å². The van der Waals surface area contributed by atoms with Crippen LogP contribution < -0.4 is 5.32 Å². The Balaban J connectivity index is 1.66. The lowest BCUT2D eigenvalue weighted by molar-refractivity contribution is -0.117. The minimum atomic E-state index is -0.0596. The van der Waals surface area contributed by atoms with Crippen molar-refractivity contribution in [2.45, 2.75) is 25.3 Å². The van der Waals surface area contributed by atoms with Gasteiger partial charge in [-0.15, -0.1) is 0 Å². The molecule has 2 aromatic rings. The number of carbonyl (C=O) groups excluding carboxylic acids is 1. The second-order valence-corrected chi connectivity index (χ2v) is 6.26. The molecule has 0 bridgehead atoms. The van der Waals surface area contributed by atoms with Crippen LogP contribution in [-0.2, 0) is 11.2 Å². The second kappa shape index (κ2) is 7.29. The molecule has 4 heteroatoms. The highest BCUT2D eigenvalue weighted by Crippen LogP contribution is 2.33. The summed E-state index contributed by atoms with van der Waals surface area (Å²) in [5.74, 6) is -0.0596. The Morgan fingerprint density at radius 3 is 2.96 bits per heavy atom. The molecule has 0 spiro atoms. The molecular formula is C20H21N3O. The average Bonchev–Trinajstić information content (AvgIpc) is 2.61. The molecule has 24 heavy (non-hydrogen) atoms. The zero-order chi connectivity index (χ0) is 16.9. The van der Waals surface area contributed by atoms with Crippen LogP contribution in [0.5, 0.6) is 0 Å². The highest BCUT2D eigenvalue weighted by Gasteiger charge is 2.24. The van der Waals surface area contributed by atoms with Crippen molar-refractivity contribution in [2.75, 3.05) is 18.9 Å². The predicted octanol–water partition coefficient (Wildman–Crippen LogP) is 3.51. The number of fused-ring (bicyclic) bond motifs is 1. The minimum Gasteiger partial charge on any atom is -0.325 e. The number of carbonyl (C=O) groups is 1. The molecule has 0 aliphatic heterocycles. The van der Waals surface area contributed by atoms with Crippen LogP contribution in [0.1, 0.15) is 35.6 Å². The first-order chi connectivity index (χ1) is 11.7. The third kappa shape index (κ3) is 3.64. The number of aryl methyl sites for hydroxylation is 1. The van der Waals surface area contributed by atoms with Gasteiger partial charge in [-0.05, 0) is 55.6 Å². The van der Waals surface area contributed by atoms with E-state index in [0.717, 1.165) is 19.3 Å². The van der Waals surface area contributed by atoms with E-state index in [1.54, 1.807) is 24.3 Å². The van der Waals surface area contributed by atoms with E-state index in [4.69, 9.17) is 5.26 Å². The van der Waals surface area contributed by atoms with Crippen LogP contribution in [0.25, 0.3) is 0 Å². The maximum absolute atomic E-state index is 12.3. The molecule has 122 valence electrons. The Labute approximate surface area is 142 Å². The lowest BCUT2D eigenvalue weighted by Gasteiger charge is -2.32. The van der Waals surface area contributed by atoms with Gasteiger partial charge < -0.3 is 5.32 Å². The Bertz CT molecular complexity index is 778. The highest BCUT2D eigenvalue weighted by molar-refractivity contribution is 5.92. The lowest BCUT2D eigenvalue weighted by Crippen LogP contribution is -2.34. The molecule has 2 aromatic carbocycles. The van der Waals surface area contributed by atoms with E-state index in [9.17, 15) is 4.79 Å². The molecule has 1 aliphatic carbocycles. The predicted molar refractivity (Wildman–Crippen MR) is 94.5 cm³/mol. The van der Waals surface area contributed by atoms with Gasteiger partial charge in [-0.3, -0.25) is 9.69 Å². The SMILES string of the molecule is CN(CC(=O)Nc1cccc(C#N)c1)C1CCCc2ccccc21. The van der Waals surface area contributed by atoms with E-state index in [2.05, 4.69) is 40.6 Å². The van der Waals surface area contributed by atoms with Crippen LogP contribution in [0.3, 0.4) is 0 Å². The molecule has 3 rings (SSSR count). The van der Waals surface area contributed by atoms with E-state index in [1.165, 1.54) is 11.1 Å². The van der Waals surface area contributed by atoms with E-state index in [-0.39, 0.29) is 11.9 Å². The molecule has 1 atom stereocenters. The Morgan fingerprint density at radius 1 is 1.29 bits per heavy atom. The van der Waals surface area contributed by atoms with Crippen molar-refractivity contribution in [1.82, 2.24) is 4.90 Å². The molecule has 0 radical (unpaired) electrons. The largest absolute Gasteiger partial charge is 0.325 e. The monoisotopic (exact) mass is 319 g/mol. The summed E-state index contributed by atoms with van der Waals surface area (Å²) >= 11 is 0. The third-order valence-electron chi connectivity index (χ3n) is 4.54. The Kier molecular flexibility index (Phi) is 4.93. The van der Waals surface area contributed by atoms with E-state index < -0.39 is 0 Å². The number of benzene rings is 2. The van der Waals surface area contributed by atoms with Gasteiger partial charge in [0.2, 0.25) is 5.91 Å². The molecule has 4 nitrogen and oxygen atoms in total. The van der Waals surface area contributed by atoms with Crippen LogP contribution in [0.2, 0.25) is 0 Å². The van der Waals surface area contributed by atoms with Crippen LogP contribution in [0.15, 0.2) is 48.5 Å². The van der Waals surface area contributed by atoms with Gasteiger partial charge in [-0.25, -0.2) is 0 Å². The van der Waals surface area contributed by atoms with Gasteiger partial charge >= 0.3 is 0 Å². The van der Waals surface area contributed by atoms with Crippen molar-refractivity contribution in [3.05, 3.63) is 65.2 Å². The van der Waals surface area contributed by atoms with E-state index in [1.807, 2.05) is 7.05 Å². The zero-order valence-corrected chi connectivity index (χ0v) is 13.8. The molecule has 1 aliphatic rings. The fourth-order valence-electron chi connectivity index (χ4n) is 3.39. The number of hydrogen-bond acceptors (Lipinski definition) is 3. The number of nitrogens with one attached hydrogen (secondary N) is 1. The molecule has 0 fully saturated rings. The molecular weight excluding hydrogens is 298 g/mol. The summed E-state index contributed by atoms with van der Waals surface area (Å²) < 4.78 is 0. The summed E-state index contributed by atoms with van der Waals surface area (Å²) in [6.45, 7) is 0.329. The van der Waals surface area contributed by atoms with Gasteiger partial charge in [0.1, 0.15) is 0 Å². The molecule has 1 N–H and O–H groups in total. The van der Waals surface area contributed by atoms with Gasteiger partial charge in [-0.2, -0.15) is 5.26 Å². The van der Waals surface area contributed by atoms with Crippen molar-refractivity contribution < 1.29 is 4.79 Å². The quantitative estimate of drug-likeness (QED) is 0.938. The molecule has 1 amide bonds.